The molecular formula is C20H18ClN5O4. The highest BCUT2D eigenvalue weighted by Crippen LogP contribution is 2.32. The predicted molar refractivity (Wildman–Crippen MR) is 113 cm³/mol. The number of hydrogen-bond donors (Lipinski definition) is 4. The summed E-state index contributed by atoms with van der Waals surface area (Å²) in [6, 6.07) is 9.42. The lowest BCUT2D eigenvalue weighted by atomic mass is 10.2. The van der Waals surface area contributed by atoms with Gasteiger partial charge in [-0.3, -0.25) is 4.79 Å². The van der Waals surface area contributed by atoms with Gasteiger partial charge in [0.2, 0.25) is 0 Å². The van der Waals surface area contributed by atoms with Gasteiger partial charge in [-0.2, -0.15) is 0 Å². The van der Waals surface area contributed by atoms with Crippen molar-refractivity contribution in [2.24, 2.45) is 0 Å². The number of halogens is 1. The SMILES string of the molecule is CNC(=O)c1cnc(Nc2cc(C(=O)O)ccn2)cc1Nc1ccc(Cl)cc1OC. The quantitative estimate of drug-likeness (QED) is 0.450. The molecule has 10 heteroatoms. The molecule has 3 aromatic rings. The second kappa shape index (κ2) is 9.10. The van der Waals surface area contributed by atoms with Gasteiger partial charge in [-0.15, -0.1) is 0 Å². The van der Waals surface area contributed by atoms with E-state index < -0.39 is 5.97 Å². The number of ether oxygens (including phenoxy) is 1. The average Bonchev–Trinajstić information content (AvgIpc) is 2.74. The van der Waals surface area contributed by atoms with Crippen molar-refractivity contribution in [2.75, 3.05) is 24.8 Å². The molecule has 0 unspecified atom stereocenters. The first kappa shape index (κ1) is 20.9. The maximum atomic E-state index is 12.3. The first-order chi connectivity index (χ1) is 14.4. The topological polar surface area (TPSA) is 125 Å². The second-order valence-electron chi connectivity index (χ2n) is 6.02. The first-order valence-electron chi connectivity index (χ1n) is 8.70. The molecule has 0 saturated carbocycles. The molecule has 0 saturated heterocycles. The Labute approximate surface area is 177 Å². The number of rotatable bonds is 7. The van der Waals surface area contributed by atoms with Crippen molar-refractivity contribution in [3.05, 3.63) is 64.9 Å². The number of amides is 1. The predicted octanol–water partition coefficient (Wildman–Crippen LogP) is 3.68. The molecule has 0 atom stereocenters. The highest BCUT2D eigenvalue weighted by molar-refractivity contribution is 6.30. The van der Waals surface area contributed by atoms with Crippen LogP contribution in [0.2, 0.25) is 5.02 Å². The van der Waals surface area contributed by atoms with E-state index >= 15 is 0 Å². The molecule has 2 heterocycles. The summed E-state index contributed by atoms with van der Waals surface area (Å²) in [5, 5.41) is 18.3. The van der Waals surface area contributed by atoms with Crippen molar-refractivity contribution in [3.63, 3.8) is 0 Å². The Balaban J connectivity index is 1.97. The standard InChI is InChI=1S/C20H18ClN5O4/c1-22-19(27)13-10-24-18(26-17-7-11(20(28)29)5-6-23-17)9-15(13)25-14-4-3-12(21)8-16(14)30-2/h3-10H,1-2H3,(H,22,27)(H,28,29)(H2,23,24,25,26). The Kier molecular flexibility index (Phi) is 6.33. The van der Waals surface area contributed by atoms with Crippen LogP contribution in [0.15, 0.2) is 48.8 Å². The van der Waals surface area contributed by atoms with Gasteiger partial charge in [-0.25, -0.2) is 14.8 Å². The normalized spacial score (nSPS) is 10.2. The third-order valence-corrected chi connectivity index (χ3v) is 4.31. The fourth-order valence-electron chi connectivity index (χ4n) is 2.62. The van der Waals surface area contributed by atoms with Crippen LogP contribution in [-0.2, 0) is 0 Å². The average molecular weight is 428 g/mol. The number of carboxylic acid groups (broad SMARTS) is 1. The van der Waals surface area contributed by atoms with E-state index in [1.807, 2.05) is 0 Å². The van der Waals surface area contributed by atoms with E-state index in [0.29, 0.717) is 39.3 Å². The maximum Gasteiger partial charge on any atom is 0.335 e. The summed E-state index contributed by atoms with van der Waals surface area (Å²) in [4.78, 5) is 31.8. The van der Waals surface area contributed by atoms with E-state index in [2.05, 4.69) is 25.9 Å². The highest BCUT2D eigenvalue weighted by atomic mass is 35.5. The fourth-order valence-corrected chi connectivity index (χ4v) is 2.78. The molecule has 0 radical (unpaired) electrons. The summed E-state index contributed by atoms with van der Waals surface area (Å²) in [6.07, 6.45) is 2.77. The van der Waals surface area contributed by atoms with Crippen LogP contribution in [-0.4, -0.2) is 41.1 Å². The largest absolute Gasteiger partial charge is 0.495 e. The van der Waals surface area contributed by atoms with E-state index in [0.717, 1.165) is 0 Å². The molecule has 0 bridgehead atoms. The number of carbonyl (C=O) groups is 2. The molecule has 0 aliphatic rings. The second-order valence-corrected chi connectivity index (χ2v) is 6.46. The minimum atomic E-state index is -1.07. The zero-order chi connectivity index (χ0) is 21.7. The molecule has 2 aromatic heterocycles. The van der Waals surface area contributed by atoms with E-state index in [4.69, 9.17) is 21.4 Å². The van der Waals surface area contributed by atoms with Crippen LogP contribution < -0.4 is 20.7 Å². The van der Waals surface area contributed by atoms with Gasteiger partial charge in [0.1, 0.15) is 17.4 Å². The van der Waals surface area contributed by atoms with Gasteiger partial charge in [0.25, 0.3) is 5.91 Å². The number of aromatic carboxylic acids is 1. The minimum absolute atomic E-state index is 0.0822. The Hall–Kier alpha value is -3.85. The Morgan fingerprint density at radius 2 is 1.80 bits per heavy atom. The van der Waals surface area contributed by atoms with Gasteiger partial charge in [0.05, 0.1) is 29.6 Å². The van der Waals surface area contributed by atoms with Crippen LogP contribution >= 0.6 is 11.6 Å². The lowest BCUT2D eigenvalue weighted by Crippen LogP contribution is -2.19. The highest BCUT2D eigenvalue weighted by Gasteiger charge is 2.15. The van der Waals surface area contributed by atoms with Crippen LogP contribution in [0.4, 0.5) is 23.0 Å². The monoisotopic (exact) mass is 427 g/mol. The molecule has 0 aliphatic heterocycles. The Morgan fingerprint density at radius 3 is 2.50 bits per heavy atom. The number of nitrogens with one attached hydrogen (secondary N) is 3. The fraction of sp³-hybridized carbons (Fsp3) is 0.100. The lowest BCUT2D eigenvalue weighted by molar-refractivity contribution is 0.0696. The molecular weight excluding hydrogens is 410 g/mol. The minimum Gasteiger partial charge on any atom is -0.495 e. The summed E-state index contributed by atoms with van der Waals surface area (Å²) in [7, 11) is 3.03. The zero-order valence-electron chi connectivity index (χ0n) is 16.1. The van der Waals surface area contributed by atoms with Gasteiger partial charge >= 0.3 is 5.97 Å². The summed E-state index contributed by atoms with van der Waals surface area (Å²) in [6.45, 7) is 0. The number of nitrogens with zero attached hydrogens (tertiary/aromatic N) is 2. The number of aromatic nitrogens is 2. The first-order valence-corrected chi connectivity index (χ1v) is 9.08. The molecule has 0 spiro atoms. The molecule has 30 heavy (non-hydrogen) atoms. The summed E-state index contributed by atoms with van der Waals surface area (Å²) in [5.74, 6) is -0.262. The number of anilines is 4. The van der Waals surface area contributed by atoms with Gasteiger partial charge in [0, 0.05) is 36.6 Å². The molecule has 3 rings (SSSR count). The van der Waals surface area contributed by atoms with Crippen LogP contribution in [0.1, 0.15) is 20.7 Å². The number of methoxy groups -OCH3 is 1. The van der Waals surface area contributed by atoms with Gasteiger partial charge in [0.15, 0.2) is 0 Å². The van der Waals surface area contributed by atoms with Gasteiger partial charge in [-0.1, -0.05) is 11.6 Å². The third kappa shape index (κ3) is 4.76. The lowest BCUT2D eigenvalue weighted by Gasteiger charge is -2.15. The molecule has 0 fully saturated rings. The van der Waals surface area contributed by atoms with E-state index in [1.165, 1.54) is 38.7 Å². The van der Waals surface area contributed by atoms with Crippen LogP contribution in [0.5, 0.6) is 5.75 Å². The third-order valence-electron chi connectivity index (χ3n) is 4.07. The smallest absolute Gasteiger partial charge is 0.335 e. The molecule has 0 aliphatic carbocycles. The van der Waals surface area contributed by atoms with Crippen LogP contribution in [0.25, 0.3) is 0 Å². The van der Waals surface area contributed by atoms with Crippen LogP contribution in [0.3, 0.4) is 0 Å². The van der Waals surface area contributed by atoms with Crippen molar-refractivity contribution in [2.45, 2.75) is 0 Å². The number of hydrogen-bond acceptors (Lipinski definition) is 7. The van der Waals surface area contributed by atoms with Crippen LogP contribution in [0, 0.1) is 0 Å². The van der Waals surface area contributed by atoms with Crippen molar-refractivity contribution in [3.8, 4) is 5.75 Å². The van der Waals surface area contributed by atoms with E-state index in [-0.39, 0.29) is 11.5 Å². The number of benzene rings is 1. The Bertz CT molecular complexity index is 1110. The van der Waals surface area contributed by atoms with Gasteiger partial charge < -0.3 is 25.8 Å². The Morgan fingerprint density at radius 1 is 1.03 bits per heavy atom. The van der Waals surface area contributed by atoms with Crippen molar-refractivity contribution in [1.82, 2.24) is 15.3 Å². The number of pyridine rings is 2. The molecule has 4 N–H and O–H groups in total. The van der Waals surface area contributed by atoms with Crippen molar-refractivity contribution < 1.29 is 19.4 Å². The van der Waals surface area contributed by atoms with E-state index in [1.54, 1.807) is 24.3 Å². The summed E-state index contributed by atoms with van der Waals surface area (Å²) >= 11 is 6.01. The molecule has 1 amide bonds. The van der Waals surface area contributed by atoms with Crippen molar-refractivity contribution >= 4 is 46.5 Å². The number of carboxylic acids is 1. The van der Waals surface area contributed by atoms with Gasteiger partial charge in [-0.05, 0) is 24.3 Å². The zero-order valence-corrected chi connectivity index (χ0v) is 16.8. The molecule has 9 nitrogen and oxygen atoms in total. The summed E-state index contributed by atoms with van der Waals surface area (Å²) in [5.41, 5.74) is 1.42. The maximum absolute atomic E-state index is 12.3. The molecule has 154 valence electrons. The van der Waals surface area contributed by atoms with Crippen molar-refractivity contribution in [1.29, 1.82) is 0 Å². The summed E-state index contributed by atoms with van der Waals surface area (Å²) < 4.78 is 5.34. The molecule has 1 aromatic carbocycles. The van der Waals surface area contributed by atoms with E-state index in [9.17, 15) is 9.59 Å². The number of carbonyl (C=O) groups excluding carboxylic acids is 1.